The van der Waals surface area contributed by atoms with Gasteiger partial charge in [0.25, 0.3) is 0 Å². The Labute approximate surface area is 438 Å². The predicted molar refractivity (Wildman–Crippen MR) is 281 cm³/mol. The molecule has 73 heavy (non-hydrogen) atoms. The second-order valence-electron chi connectivity index (χ2n) is 17.2. The van der Waals surface area contributed by atoms with Gasteiger partial charge in [-0.1, -0.05) is 190 Å². The second kappa shape index (κ2) is 24.6. The van der Waals surface area contributed by atoms with Gasteiger partial charge in [0.2, 0.25) is 0 Å². The van der Waals surface area contributed by atoms with E-state index in [0.717, 1.165) is 0 Å². The molecule has 19 heteroatoms. The van der Waals surface area contributed by atoms with Gasteiger partial charge in [-0.15, -0.1) is 0 Å². The van der Waals surface area contributed by atoms with Gasteiger partial charge >= 0.3 is 31.4 Å². The molecule has 0 heterocycles. The first-order valence-corrected chi connectivity index (χ1v) is 27.0. The van der Waals surface area contributed by atoms with E-state index >= 15 is 0 Å². The molecule has 8 aromatic rings. The molecule has 8 rings (SSSR count). The van der Waals surface area contributed by atoms with Crippen molar-refractivity contribution in [3.8, 4) is 11.1 Å². The van der Waals surface area contributed by atoms with Gasteiger partial charge in [-0.05, 0) is 136 Å². The van der Waals surface area contributed by atoms with Crippen molar-refractivity contribution in [3.05, 3.63) is 190 Å². The van der Waals surface area contributed by atoms with Crippen molar-refractivity contribution < 1.29 is 83.7 Å². The van der Waals surface area contributed by atoms with Gasteiger partial charge in [0.15, 0.2) is 20.2 Å². The van der Waals surface area contributed by atoms with Crippen LogP contribution in [0.5, 0.6) is 0 Å². The van der Waals surface area contributed by atoms with Crippen LogP contribution in [0.25, 0.3) is 32.7 Å². The average Bonchev–Trinajstić information content (AvgIpc) is 3.22. The summed E-state index contributed by atoms with van der Waals surface area (Å²) in [5, 5.41) is 13.6. The summed E-state index contributed by atoms with van der Waals surface area (Å²) < 4.78 is 118. The van der Waals surface area contributed by atoms with Crippen LogP contribution in [0.15, 0.2) is 146 Å². The van der Waals surface area contributed by atoms with Crippen molar-refractivity contribution in [2.24, 2.45) is 0 Å². The normalized spacial score (nSPS) is 11.7. The molecule has 8 nitrogen and oxygen atoms in total. The zero-order valence-electron chi connectivity index (χ0n) is 40.6. The fourth-order valence-corrected chi connectivity index (χ4v) is 14.3. The maximum atomic E-state index is 10.7. The first kappa shape index (κ1) is 62.4. The molecule has 0 radical (unpaired) electrons. The van der Waals surface area contributed by atoms with Gasteiger partial charge in [0.1, 0.15) is 0 Å². The Morgan fingerprint density at radius 3 is 0.781 bits per heavy atom. The van der Waals surface area contributed by atoms with E-state index in [9.17, 15) is 26.3 Å². The third-order valence-electron chi connectivity index (χ3n) is 11.0. The van der Waals surface area contributed by atoms with Crippen LogP contribution in [0.2, 0.25) is 0 Å². The number of hydrogen-bond donors (Lipinski definition) is 0. The minimum atomic E-state index is -6.09. The van der Waals surface area contributed by atoms with Gasteiger partial charge in [0, 0.05) is 0 Å². The topological polar surface area (TPSA) is 177 Å². The maximum absolute atomic E-state index is 10.7. The van der Waals surface area contributed by atoms with E-state index in [0.29, 0.717) is 0 Å². The van der Waals surface area contributed by atoms with E-state index in [4.69, 9.17) is 25.9 Å². The van der Waals surface area contributed by atoms with Crippen LogP contribution in [-0.2, 0) is 40.7 Å². The molecule has 390 valence electrons. The van der Waals surface area contributed by atoms with Crippen LogP contribution in [0.3, 0.4) is 0 Å². The molecule has 0 aromatic heterocycles. The molecule has 0 atom stereocenters. The fraction of sp³-hybridized carbons (Fsp3) is 0.185. The number of benzene rings is 8. The van der Waals surface area contributed by atoms with Crippen molar-refractivity contribution in [3.63, 3.8) is 0 Å². The first-order valence-electron chi connectivity index (χ1n) is 21.5. The molecule has 0 aliphatic carbocycles. The number of aryl methyl sites for hydroxylation is 8. The molecule has 0 amide bonds. The Morgan fingerprint density at radius 1 is 0.370 bits per heavy atom. The Kier molecular flexibility index (Phi) is 21.1. The number of halogens is 6. The SMILES string of the molecule is Cc1cc(C)cc(P(c2cc(C)cc(C)c2)c2ccc3ccccc3c2-c2c(P(c3cc(C)cc(C)c3)c3cc(C)cc(C)c3)ccc3ccccc23)c1.O.O.O=S(=O)([O-])C(F)(F)F.O=S(=O)([O-])C(F)(F)F.[Pd+2]. The van der Waals surface area contributed by atoms with Crippen molar-refractivity contribution in [2.45, 2.75) is 66.4 Å². The summed E-state index contributed by atoms with van der Waals surface area (Å²) in [6, 6.07) is 56.6. The quantitative estimate of drug-likeness (QED) is 0.0504. The molecular formula is C54H52F6O8P2PdS2. The number of fused-ring (bicyclic) bond motifs is 2. The summed E-state index contributed by atoms with van der Waals surface area (Å²) in [7, 11) is -14.1. The van der Waals surface area contributed by atoms with Gasteiger partial charge in [-0.3, -0.25) is 0 Å². The molecule has 0 spiro atoms. The van der Waals surface area contributed by atoms with Gasteiger partial charge in [-0.25, -0.2) is 16.8 Å². The van der Waals surface area contributed by atoms with Crippen LogP contribution in [0, 0.1) is 55.4 Å². The smallest absolute Gasteiger partial charge is 0.741 e. The first-order chi connectivity index (χ1) is 32.5. The minimum Gasteiger partial charge on any atom is -0.741 e. The molecule has 8 aromatic carbocycles. The van der Waals surface area contributed by atoms with E-state index in [2.05, 4.69) is 201 Å². The number of hydrogen-bond acceptors (Lipinski definition) is 6. The van der Waals surface area contributed by atoms with E-state index in [-0.39, 0.29) is 31.4 Å². The minimum absolute atomic E-state index is 0. The van der Waals surface area contributed by atoms with Crippen LogP contribution in [0.1, 0.15) is 44.5 Å². The third-order valence-corrected chi connectivity index (χ3v) is 16.9. The van der Waals surface area contributed by atoms with Crippen molar-refractivity contribution in [1.29, 1.82) is 0 Å². The van der Waals surface area contributed by atoms with Gasteiger partial charge in [0.05, 0.1) is 0 Å². The Balaban J connectivity index is 0.000000642. The van der Waals surface area contributed by atoms with E-state index < -0.39 is 47.1 Å². The van der Waals surface area contributed by atoms with E-state index in [1.165, 1.54) is 109 Å². The molecule has 0 aliphatic rings. The Morgan fingerprint density at radius 2 is 0.575 bits per heavy atom. The fourth-order valence-electron chi connectivity index (χ4n) is 8.59. The number of alkyl halides is 6. The van der Waals surface area contributed by atoms with Crippen LogP contribution in [-0.4, -0.2) is 47.9 Å². The summed E-state index contributed by atoms with van der Waals surface area (Å²) in [6.45, 7) is 18.0. The molecular weight excluding hydrogens is 1120 g/mol. The summed E-state index contributed by atoms with van der Waals surface area (Å²) >= 11 is 0. The molecule has 4 N–H and O–H groups in total. The number of rotatable bonds is 7. The molecule has 0 bridgehead atoms. The van der Waals surface area contributed by atoms with Crippen LogP contribution < -0.4 is 31.8 Å². The molecule has 0 unspecified atom stereocenters. The van der Waals surface area contributed by atoms with Crippen molar-refractivity contribution >= 4 is 89.5 Å². The third kappa shape index (κ3) is 15.1. The summed E-state index contributed by atoms with van der Waals surface area (Å²) in [4.78, 5) is 0. The predicted octanol–water partition coefficient (Wildman–Crippen LogP) is 10.1. The van der Waals surface area contributed by atoms with E-state index in [1.54, 1.807) is 0 Å². The zero-order chi connectivity index (χ0) is 51.7. The molecule has 0 fully saturated rings. The average molecular weight is 1180 g/mol. The van der Waals surface area contributed by atoms with Crippen LogP contribution >= 0.6 is 15.8 Å². The standard InChI is InChI=1S/C52H48P2.2CHF3O3S.2H2O.Pd/c1-33-21-34(2)26-43(25-33)53(44-27-35(3)22-36(4)28-44)49-19-17-41-13-9-11-15-47(41)51(49)52-48-16-12-10-14-42(48)18-20-50(52)54(45-29-37(5)23-38(6)30-45)46-31-39(7)24-40(8)32-46;2*2-1(3,4)8(5,6)7;;;/h9-32H,1-8H3;2*(H,5,6,7);2*1H2;/q;;;;;+2/p-2. The van der Waals surface area contributed by atoms with Gasteiger partial charge < -0.3 is 20.1 Å². The maximum Gasteiger partial charge on any atom is 2.00 e. The summed E-state index contributed by atoms with van der Waals surface area (Å²) in [5.74, 6) is 0. The second-order valence-corrected chi connectivity index (χ2v) is 24.3. The summed E-state index contributed by atoms with van der Waals surface area (Å²) in [6.07, 6.45) is 0. The summed E-state index contributed by atoms with van der Waals surface area (Å²) in [5.41, 5.74) is 1.91. The Bertz CT molecular complexity index is 3090. The van der Waals surface area contributed by atoms with Gasteiger partial charge in [-0.2, -0.15) is 26.3 Å². The van der Waals surface area contributed by atoms with Crippen LogP contribution in [0.4, 0.5) is 26.3 Å². The van der Waals surface area contributed by atoms with Crippen molar-refractivity contribution in [2.75, 3.05) is 0 Å². The van der Waals surface area contributed by atoms with Crippen molar-refractivity contribution in [1.82, 2.24) is 0 Å². The zero-order valence-corrected chi connectivity index (χ0v) is 45.6. The molecule has 0 saturated heterocycles. The Hall–Kier alpha value is -4.88. The van der Waals surface area contributed by atoms with E-state index in [1.807, 2.05) is 0 Å². The molecule has 0 saturated carbocycles. The largest absolute Gasteiger partial charge is 2.00 e. The monoisotopic (exact) mass is 1170 g/mol. The molecule has 0 aliphatic heterocycles.